The van der Waals surface area contributed by atoms with Gasteiger partial charge in [-0.25, -0.2) is 0 Å². The zero-order valence-electron chi connectivity index (χ0n) is 11.9. The molecule has 3 rings (SSSR count). The van der Waals surface area contributed by atoms with E-state index in [1.165, 1.54) is 18.4 Å². The molecule has 1 saturated carbocycles. The number of fused-ring (bicyclic) bond motifs is 1. The van der Waals surface area contributed by atoms with Crippen LogP contribution in [0.2, 0.25) is 0 Å². The Hall–Kier alpha value is -1.26. The number of nitrogens with one attached hydrogen (secondary N) is 1. The van der Waals surface area contributed by atoms with Gasteiger partial charge in [-0.15, -0.1) is 0 Å². The van der Waals surface area contributed by atoms with Gasteiger partial charge in [0.05, 0.1) is 26.4 Å². The first-order chi connectivity index (χ1) is 9.92. The molecule has 4 nitrogen and oxygen atoms in total. The molecule has 2 aliphatic rings. The van der Waals surface area contributed by atoms with Crippen molar-refractivity contribution in [1.29, 1.82) is 0 Å². The summed E-state index contributed by atoms with van der Waals surface area (Å²) in [5.74, 6) is 1.73. The van der Waals surface area contributed by atoms with Crippen molar-refractivity contribution >= 4 is 0 Å². The standard InChI is InChI=1S/C16H23NO3/c1-8-19-15-5-2-13(12-16(15)20-9-1)6-10-18-11-7-17-14-3-4-14/h2,5,12,14,17H,1,3-4,6-11H2. The third-order valence-electron chi connectivity index (χ3n) is 3.60. The Bertz CT molecular complexity index is 432. The van der Waals surface area contributed by atoms with Crippen LogP contribution in [0.4, 0.5) is 0 Å². The molecule has 1 aliphatic carbocycles. The fraction of sp³-hybridized carbons (Fsp3) is 0.625. The van der Waals surface area contributed by atoms with Gasteiger partial charge in [-0.2, -0.15) is 0 Å². The second-order valence-electron chi connectivity index (χ2n) is 5.42. The molecule has 1 aromatic rings. The van der Waals surface area contributed by atoms with Crippen molar-refractivity contribution in [3.63, 3.8) is 0 Å². The third kappa shape index (κ3) is 4.12. The predicted octanol–water partition coefficient (Wildman–Crippen LogP) is 2.16. The van der Waals surface area contributed by atoms with Gasteiger partial charge in [-0.1, -0.05) is 6.07 Å². The molecule has 1 aliphatic heterocycles. The average Bonchev–Trinajstić information content (AvgIpc) is 3.29. The summed E-state index contributed by atoms with van der Waals surface area (Å²) in [5.41, 5.74) is 1.24. The van der Waals surface area contributed by atoms with Crippen LogP contribution in [0.5, 0.6) is 11.5 Å². The van der Waals surface area contributed by atoms with Crippen LogP contribution < -0.4 is 14.8 Å². The summed E-state index contributed by atoms with van der Waals surface area (Å²) in [4.78, 5) is 0. The van der Waals surface area contributed by atoms with Crippen LogP contribution in [0, 0.1) is 0 Å². The lowest BCUT2D eigenvalue weighted by molar-refractivity contribution is 0.138. The number of benzene rings is 1. The summed E-state index contributed by atoms with van der Waals surface area (Å²) in [7, 11) is 0. The summed E-state index contributed by atoms with van der Waals surface area (Å²) in [6.45, 7) is 3.99. The summed E-state index contributed by atoms with van der Waals surface area (Å²) in [5, 5.41) is 3.44. The predicted molar refractivity (Wildman–Crippen MR) is 77.6 cm³/mol. The van der Waals surface area contributed by atoms with E-state index in [2.05, 4.69) is 17.4 Å². The monoisotopic (exact) mass is 277 g/mol. The topological polar surface area (TPSA) is 39.7 Å². The Labute approximate surface area is 120 Å². The molecule has 0 unspecified atom stereocenters. The van der Waals surface area contributed by atoms with Crippen LogP contribution >= 0.6 is 0 Å². The zero-order valence-corrected chi connectivity index (χ0v) is 11.9. The van der Waals surface area contributed by atoms with E-state index in [1.54, 1.807) is 0 Å². The van der Waals surface area contributed by atoms with Gasteiger partial charge in [0.2, 0.25) is 0 Å². The van der Waals surface area contributed by atoms with Crippen molar-refractivity contribution in [2.45, 2.75) is 31.7 Å². The molecule has 1 aromatic carbocycles. The Morgan fingerprint density at radius 2 is 1.95 bits per heavy atom. The smallest absolute Gasteiger partial charge is 0.161 e. The number of hydrogen-bond donors (Lipinski definition) is 1. The SMILES string of the molecule is c1cc2c(cc1CCOCCNC1CC1)OCCCO2. The van der Waals surface area contributed by atoms with Gasteiger partial charge in [0.1, 0.15) is 0 Å². The summed E-state index contributed by atoms with van der Waals surface area (Å²) in [6, 6.07) is 6.94. The highest BCUT2D eigenvalue weighted by molar-refractivity contribution is 5.43. The molecule has 110 valence electrons. The molecule has 0 bridgehead atoms. The van der Waals surface area contributed by atoms with E-state index < -0.39 is 0 Å². The quantitative estimate of drug-likeness (QED) is 0.775. The minimum absolute atomic E-state index is 0.736. The van der Waals surface area contributed by atoms with Crippen LogP contribution in [-0.4, -0.2) is 39.0 Å². The molecule has 1 N–H and O–H groups in total. The summed E-state index contributed by atoms with van der Waals surface area (Å²) >= 11 is 0. The van der Waals surface area contributed by atoms with E-state index in [9.17, 15) is 0 Å². The molecular weight excluding hydrogens is 254 g/mol. The maximum absolute atomic E-state index is 5.69. The molecule has 1 fully saturated rings. The highest BCUT2D eigenvalue weighted by atomic mass is 16.5. The molecule has 0 amide bonds. The van der Waals surface area contributed by atoms with Crippen LogP contribution in [0.25, 0.3) is 0 Å². The number of rotatable bonds is 7. The minimum Gasteiger partial charge on any atom is -0.490 e. The third-order valence-corrected chi connectivity index (χ3v) is 3.60. The first-order valence-corrected chi connectivity index (χ1v) is 7.61. The summed E-state index contributed by atoms with van der Waals surface area (Å²) < 4.78 is 17.0. The van der Waals surface area contributed by atoms with Crippen LogP contribution in [-0.2, 0) is 11.2 Å². The Morgan fingerprint density at radius 3 is 2.80 bits per heavy atom. The van der Waals surface area contributed by atoms with Gasteiger partial charge < -0.3 is 19.5 Å². The van der Waals surface area contributed by atoms with Gasteiger partial charge >= 0.3 is 0 Å². The van der Waals surface area contributed by atoms with E-state index in [-0.39, 0.29) is 0 Å². The van der Waals surface area contributed by atoms with Gasteiger partial charge in [0.25, 0.3) is 0 Å². The molecule has 4 heteroatoms. The maximum atomic E-state index is 5.69. The van der Waals surface area contributed by atoms with E-state index in [0.717, 1.165) is 63.4 Å². The molecule has 0 aromatic heterocycles. The minimum atomic E-state index is 0.736. The highest BCUT2D eigenvalue weighted by Gasteiger charge is 2.19. The van der Waals surface area contributed by atoms with Gasteiger partial charge in [-0.3, -0.25) is 0 Å². The van der Waals surface area contributed by atoms with Crippen molar-refractivity contribution in [2.75, 3.05) is 33.0 Å². The molecule has 20 heavy (non-hydrogen) atoms. The van der Waals surface area contributed by atoms with E-state index in [0.29, 0.717) is 0 Å². The molecule has 1 heterocycles. The normalized spacial score (nSPS) is 17.8. The van der Waals surface area contributed by atoms with E-state index in [4.69, 9.17) is 14.2 Å². The van der Waals surface area contributed by atoms with Crippen molar-refractivity contribution in [2.24, 2.45) is 0 Å². The van der Waals surface area contributed by atoms with Gasteiger partial charge in [-0.05, 0) is 37.0 Å². The van der Waals surface area contributed by atoms with Crippen LogP contribution in [0.3, 0.4) is 0 Å². The largest absolute Gasteiger partial charge is 0.490 e. The first kappa shape index (κ1) is 13.7. The van der Waals surface area contributed by atoms with Crippen molar-refractivity contribution in [3.8, 4) is 11.5 Å². The number of hydrogen-bond acceptors (Lipinski definition) is 4. The van der Waals surface area contributed by atoms with Gasteiger partial charge in [0, 0.05) is 19.0 Å². The second-order valence-corrected chi connectivity index (χ2v) is 5.42. The van der Waals surface area contributed by atoms with E-state index >= 15 is 0 Å². The average molecular weight is 277 g/mol. The maximum Gasteiger partial charge on any atom is 0.161 e. The van der Waals surface area contributed by atoms with Crippen LogP contribution in [0.15, 0.2) is 18.2 Å². The van der Waals surface area contributed by atoms with Crippen molar-refractivity contribution < 1.29 is 14.2 Å². The first-order valence-electron chi connectivity index (χ1n) is 7.61. The molecule has 0 spiro atoms. The molecular formula is C16H23NO3. The highest BCUT2D eigenvalue weighted by Crippen LogP contribution is 2.30. The molecule has 0 radical (unpaired) electrons. The Kier molecular flexibility index (Phi) is 4.77. The molecule has 0 saturated heterocycles. The lowest BCUT2D eigenvalue weighted by Gasteiger charge is -2.10. The van der Waals surface area contributed by atoms with Crippen molar-refractivity contribution in [3.05, 3.63) is 23.8 Å². The van der Waals surface area contributed by atoms with Gasteiger partial charge in [0.15, 0.2) is 11.5 Å². The van der Waals surface area contributed by atoms with Crippen LogP contribution in [0.1, 0.15) is 24.8 Å². The Balaban J connectivity index is 1.39. The number of ether oxygens (including phenoxy) is 3. The van der Waals surface area contributed by atoms with Crippen molar-refractivity contribution in [1.82, 2.24) is 5.32 Å². The fourth-order valence-corrected chi connectivity index (χ4v) is 2.28. The second kappa shape index (κ2) is 6.95. The Morgan fingerprint density at radius 1 is 1.10 bits per heavy atom. The fourth-order valence-electron chi connectivity index (χ4n) is 2.28. The molecule has 0 atom stereocenters. The lowest BCUT2D eigenvalue weighted by atomic mass is 10.1. The van der Waals surface area contributed by atoms with E-state index in [1.807, 2.05) is 6.07 Å². The lowest BCUT2D eigenvalue weighted by Crippen LogP contribution is -2.22. The zero-order chi connectivity index (χ0) is 13.6. The summed E-state index contributed by atoms with van der Waals surface area (Å²) in [6.07, 6.45) is 4.52.